The van der Waals surface area contributed by atoms with Gasteiger partial charge in [0.1, 0.15) is 18.2 Å². The number of hydrogen-bond acceptors (Lipinski definition) is 6. The maximum Gasteiger partial charge on any atom is 0.158 e. The molecule has 1 saturated carbocycles. The summed E-state index contributed by atoms with van der Waals surface area (Å²) >= 11 is 0. The minimum atomic E-state index is 0.432. The Morgan fingerprint density at radius 2 is 2.19 bits per heavy atom. The molecular formula is C15H25N5O. The van der Waals surface area contributed by atoms with Gasteiger partial charge in [-0.2, -0.15) is 0 Å². The van der Waals surface area contributed by atoms with Crippen molar-refractivity contribution in [2.24, 2.45) is 11.8 Å². The van der Waals surface area contributed by atoms with E-state index in [1.165, 1.54) is 32.1 Å². The first kappa shape index (κ1) is 14.5. The lowest BCUT2D eigenvalue weighted by atomic mass is 9.92. The van der Waals surface area contributed by atoms with Gasteiger partial charge in [0.15, 0.2) is 5.82 Å². The molecule has 2 unspecified atom stereocenters. The summed E-state index contributed by atoms with van der Waals surface area (Å²) in [5.74, 6) is 8.73. The van der Waals surface area contributed by atoms with E-state index in [9.17, 15) is 0 Å². The number of nitrogens with zero attached hydrogens (tertiary/aromatic N) is 3. The molecule has 21 heavy (non-hydrogen) atoms. The number of aromatic nitrogens is 2. The fourth-order valence-corrected chi connectivity index (χ4v) is 3.70. The first-order chi connectivity index (χ1) is 10.3. The van der Waals surface area contributed by atoms with Crippen LogP contribution in [0.2, 0.25) is 0 Å². The highest BCUT2D eigenvalue weighted by molar-refractivity contribution is 5.50. The van der Waals surface area contributed by atoms with Crippen molar-refractivity contribution in [1.82, 2.24) is 9.97 Å². The molecule has 1 saturated heterocycles. The van der Waals surface area contributed by atoms with E-state index in [4.69, 9.17) is 15.6 Å². The second-order valence-electron chi connectivity index (χ2n) is 5.90. The Labute approximate surface area is 126 Å². The van der Waals surface area contributed by atoms with Gasteiger partial charge in [0.25, 0.3) is 0 Å². The largest absolute Gasteiger partial charge is 0.374 e. The van der Waals surface area contributed by atoms with E-state index in [0.717, 1.165) is 18.3 Å². The van der Waals surface area contributed by atoms with Crippen LogP contribution in [0.4, 0.5) is 11.6 Å². The highest BCUT2D eigenvalue weighted by atomic mass is 16.5. The van der Waals surface area contributed by atoms with Crippen molar-refractivity contribution in [3.8, 4) is 0 Å². The van der Waals surface area contributed by atoms with Gasteiger partial charge in [0.05, 0.1) is 0 Å². The van der Waals surface area contributed by atoms with Crippen molar-refractivity contribution < 1.29 is 4.74 Å². The zero-order valence-electron chi connectivity index (χ0n) is 12.7. The van der Waals surface area contributed by atoms with Crippen molar-refractivity contribution >= 4 is 11.6 Å². The molecule has 2 heterocycles. The van der Waals surface area contributed by atoms with Crippen LogP contribution in [0.3, 0.4) is 0 Å². The number of nitrogens with one attached hydrogen (secondary N) is 1. The molecule has 2 fully saturated rings. The van der Waals surface area contributed by atoms with Crippen LogP contribution in [0.15, 0.2) is 6.07 Å². The Hall–Kier alpha value is -1.40. The quantitative estimate of drug-likeness (QED) is 0.639. The van der Waals surface area contributed by atoms with Gasteiger partial charge in [0, 0.05) is 25.3 Å². The van der Waals surface area contributed by atoms with Crippen molar-refractivity contribution in [2.45, 2.75) is 51.7 Å². The van der Waals surface area contributed by atoms with Crippen LogP contribution in [0, 0.1) is 5.92 Å². The van der Waals surface area contributed by atoms with E-state index in [2.05, 4.69) is 15.3 Å². The summed E-state index contributed by atoms with van der Waals surface area (Å²) in [7, 11) is 0. The Morgan fingerprint density at radius 1 is 1.33 bits per heavy atom. The molecule has 1 aromatic rings. The van der Waals surface area contributed by atoms with Gasteiger partial charge in [-0.05, 0) is 38.5 Å². The fourth-order valence-electron chi connectivity index (χ4n) is 3.70. The summed E-state index contributed by atoms with van der Waals surface area (Å²) in [5.41, 5.74) is 2.65. The van der Waals surface area contributed by atoms with Crippen LogP contribution in [0.25, 0.3) is 0 Å². The number of ether oxygens (including phenoxy) is 1. The molecule has 2 aliphatic rings. The molecule has 2 atom stereocenters. The summed E-state index contributed by atoms with van der Waals surface area (Å²) in [4.78, 5) is 11.5. The molecule has 0 radical (unpaired) electrons. The number of nitrogen functional groups attached to an aromatic ring is 1. The van der Waals surface area contributed by atoms with Crippen LogP contribution in [0.5, 0.6) is 0 Å². The van der Waals surface area contributed by atoms with E-state index in [1.54, 1.807) is 0 Å². The van der Waals surface area contributed by atoms with Gasteiger partial charge in [-0.3, -0.25) is 0 Å². The average molecular weight is 291 g/mol. The number of rotatable bonds is 5. The lowest BCUT2D eigenvalue weighted by Gasteiger charge is -2.38. The van der Waals surface area contributed by atoms with E-state index in [1.807, 2.05) is 13.0 Å². The standard InChI is InChI=1S/C15H25N5O/c1-2-21-10-14-17-13(19-16)9-15(18-14)20-8-4-6-11-5-3-7-12(11)20/h9,11-12H,2-8,10,16H2,1H3,(H,17,18,19). The summed E-state index contributed by atoms with van der Waals surface area (Å²) in [5, 5.41) is 0. The Bertz CT molecular complexity index is 481. The van der Waals surface area contributed by atoms with Crippen LogP contribution in [-0.4, -0.2) is 29.2 Å². The smallest absolute Gasteiger partial charge is 0.158 e. The predicted molar refractivity (Wildman–Crippen MR) is 82.9 cm³/mol. The van der Waals surface area contributed by atoms with E-state index < -0.39 is 0 Å². The molecule has 3 rings (SSSR count). The molecule has 1 aliphatic carbocycles. The second kappa shape index (κ2) is 6.58. The molecule has 0 bridgehead atoms. The molecule has 1 aromatic heterocycles. The third-order valence-electron chi connectivity index (χ3n) is 4.63. The number of hydrazine groups is 1. The maximum absolute atomic E-state index is 5.55. The van der Waals surface area contributed by atoms with Gasteiger partial charge >= 0.3 is 0 Å². The lowest BCUT2D eigenvalue weighted by molar-refractivity contribution is 0.128. The highest BCUT2D eigenvalue weighted by Gasteiger charge is 2.35. The first-order valence-corrected chi connectivity index (χ1v) is 8.00. The zero-order valence-corrected chi connectivity index (χ0v) is 12.7. The SMILES string of the molecule is CCOCc1nc(NN)cc(N2CCCC3CCCC32)n1. The van der Waals surface area contributed by atoms with Gasteiger partial charge in [-0.15, -0.1) is 0 Å². The van der Waals surface area contributed by atoms with Crippen molar-refractivity contribution in [1.29, 1.82) is 0 Å². The molecule has 3 N–H and O–H groups in total. The number of piperidine rings is 1. The van der Waals surface area contributed by atoms with Gasteiger partial charge in [-0.1, -0.05) is 6.42 Å². The normalized spacial score (nSPS) is 25.0. The number of anilines is 2. The monoisotopic (exact) mass is 291 g/mol. The van der Waals surface area contributed by atoms with Crippen LogP contribution in [-0.2, 0) is 11.3 Å². The lowest BCUT2D eigenvalue weighted by Crippen LogP contribution is -2.43. The molecule has 6 heteroatoms. The van der Waals surface area contributed by atoms with Gasteiger partial charge < -0.3 is 15.1 Å². The topological polar surface area (TPSA) is 76.3 Å². The first-order valence-electron chi connectivity index (χ1n) is 8.00. The van der Waals surface area contributed by atoms with Crippen LogP contribution < -0.4 is 16.2 Å². The average Bonchev–Trinajstić information content (AvgIpc) is 3.01. The Morgan fingerprint density at radius 3 is 3.00 bits per heavy atom. The number of hydrogen-bond donors (Lipinski definition) is 2. The van der Waals surface area contributed by atoms with E-state index >= 15 is 0 Å². The molecule has 0 amide bonds. The minimum Gasteiger partial charge on any atom is -0.374 e. The van der Waals surface area contributed by atoms with Crippen LogP contribution >= 0.6 is 0 Å². The predicted octanol–water partition coefficient (Wildman–Crippen LogP) is 2.07. The van der Waals surface area contributed by atoms with Crippen molar-refractivity contribution in [3.05, 3.63) is 11.9 Å². The number of nitrogens with two attached hydrogens (primary N) is 1. The van der Waals surface area contributed by atoms with Gasteiger partial charge in [0.2, 0.25) is 0 Å². The molecule has 116 valence electrons. The van der Waals surface area contributed by atoms with Crippen molar-refractivity contribution in [2.75, 3.05) is 23.5 Å². The summed E-state index contributed by atoms with van der Waals surface area (Å²) in [6.45, 7) is 4.14. The Balaban J connectivity index is 1.85. The third-order valence-corrected chi connectivity index (χ3v) is 4.63. The third kappa shape index (κ3) is 3.11. The Kier molecular flexibility index (Phi) is 4.55. The molecule has 1 aliphatic heterocycles. The summed E-state index contributed by atoms with van der Waals surface area (Å²) in [6, 6.07) is 2.59. The van der Waals surface area contributed by atoms with Crippen LogP contribution in [0.1, 0.15) is 44.9 Å². The molecule has 0 spiro atoms. The molecule has 0 aromatic carbocycles. The summed E-state index contributed by atoms with van der Waals surface area (Å²) < 4.78 is 5.44. The number of fused-ring (bicyclic) bond motifs is 1. The highest BCUT2D eigenvalue weighted by Crippen LogP contribution is 2.38. The van der Waals surface area contributed by atoms with Crippen molar-refractivity contribution in [3.63, 3.8) is 0 Å². The summed E-state index contributed by atoms with van der Waals surface area (Å²) in [6.07, 6.45) is 6.59. The second-order valence-corrected chi connectivity index (χ2v) is 5.90. The van der Waals surface area contributed by atoms with Gasteiger partial charge in [-0.25, -0.2) is 15.8 Å². The minimum absolute atomic E-state index is 0.432. The maximum atomic E-state index is 5.55. The molecular weight excluding hydrogens is 266 g/mol. The van der Waals surface area contributed by atoms with E-state index in [0.29, 0.717) is 30.9 Å². The molecule has 6 nitrogen and oxygen atoms in total. The zero-order chi connectivity index (χ0) is 14.7. The van der Waals surface area contributed by atoms with E-state index in [-0.39, 0.29) is 0 Å². The fraction of sp³-hybridized carbons (Fsp3) is 0.733.